The fraction of sp³-hybridized carbons (Fsp3) is 0.467. The van der Waals surface area contributed by atoms with Gasteiger partial charge in [0, 0.05) is 36.4 Å². The van der Waals surface area contributed by atoms with Crippen molar-refractivity contribution in [1.82, 2.24) is 34.1 Å². The Balaban J connectivity index is 1.12. The molecule has 4 aromatic rings. The van der Waals surface area contributed by atoms with Gasteiger partial charge in [-0.2, -0.15) is 8.42 Å². The molecular weight excluding hydrogens is 666 g/mol. The predicted molar refractivity (Wildman–Crippen MR) is 168 cm³/mol. The van der Waals surface area contributed by atoms with E-state index in [1.807, 2.05) is 6.92 Å². The maximum Gasteiger partial charge on any atom is 0.330 e. The first kappa shape index (κ1) is 34.3. The molecule has 6 atom stereocenters. The number of hydrogen-bond donors (Lipinski definition) is 3. The first-order valence-electron chi connectivity index (χ1n) is 15.4. The van der Waals surface area contributed by atoms with E-state index < -0.39 is 76.1 Å². The van der Waals surface area contributed by atoms with Crippen LogP contribution in [0.25, 0.3) is 0 Å². The third kappa shape index (κ3) is 7.56. The third-order valence-electron chi connectivity index (χ3n) is 8.39. The van der Waals surface area contributed by atoms with E-state index in [-0.39, 0.29) is 36.5 Å². The number of benzene rings is 1. The zero-order valence-electron chi connectivity index (χ0n) is 26.7. The number of nitrogens with one attached hydrogen (secondary N) is 2. The Kier molecular flexibility index (Phi) is 9.65. The van der Waals surface area contributed by atoms with Crippen LogP contribution in [0.2, 0.25) is 0 Å². The Morgan fingerprint density at radius 3 is 2.10 bits per heavy atom. The molecule has 262 valence electrons. The second-order valence-corrected chi connectivity index (χ2v) is 13.7. The summed E-state index contributed by atoms with van der Waals surface area (Å²) in [5, 5.41) is 18.8. The number of aromatic amines is 2. The quantitative estimate of drug-likeness (QED) is 0.168. The van der Waals surface area contributed by atoms with Gasteiger partial charge < -0.3 is 19.3 Å². The highest BCUT2D eigenvalue weighted by atomic mass is 32.2. The van der Waals surface area contributed by atoms with Gasteiger partial charge in [-0.3, -0.25) is 32.9 Å². The molecule has 3 N–H and O–H groups in total. The molecule has 3 aromatic heterocycles. The van der Waals surface area contributed by atoms with E-state index in [0.29, 0.717) is 11.3 Å². The summed E-state index contributed by atoms with van der Waals surface area (Å²) >= 11 is 0. The molecule has 2 fully saturated rings. The average molecular weight is 702 g/mol. The van der Waals surface area contributed by atoms with Gasteiger partial charge in [0.2, 0.25) is 0 Å². The minimum atomic E-state index is -4.14. The Labute approximate surface area is 278 Å². The molecule has 0 spiro atoms. The van der Waals surface area contributed by atoms with Crippen molar-refractivity contribution in [3.8, 4) is 0 Å². The highest BCUT2D eigenvalue weighted by molar-refractivity contribution is 7.86. The van der Waals surface area contributed by atoms with E-state index in [0.717, 1.165) is 5.56 Å². The molecule has 2 saturated heterocycles. The van der Waals surface area contributed by atoms with Gasteiger partial charge in [-0.1, -0.05) is 22.9 Å². The first-order valence-corrected chi connectivity index (χ1v) is 16.8. The lowest BCUT2D eigenvalue weighted by molar-refractivity contribution is -0.0610. The number of aryl methyl sites for hydroxylation is 3. The van der Waals surface area contributed by atoms with Crippen molar-refractivity contribution in [2.75, 3.05) is 6.61 Å². The van der Waals surface area contributed by atoms with Crippen molar-refractivity contribution in [1.29, 1.82) is 0 Å². The van der Waals surface area contributed by atoms with E-state index in [9.17, 15) is 32.7 Å². The van der Waals surface area contributed by atoms with Crippen LogP contribution in [0.1, 0.15) is 47.7 Å². The fourth-order valence-electron chi connectivity index (χ4n) is 5.65. The van der Waals surface area contributed by atoms with Crippen LogP contribution in [-0.4, -0.2) is 78.6 Å². The number of hydrogen-bond acceptors (Lipinski definition) is 13. The lowest BCUT2D eigenvalue weighted by atomic mass is 10.2. The molecule has 2 aliphatic heterocycles. The van der Waals surface area contributed by atoms with Crippen molar-refractivity contribution in [2.24, 2.45) is 0 Å². The Hall–Kier alpha value is -4.53. The third-order valence-corrected chi connectivity index (χ3v) is 9.69. The molecule has 0 unspecified atom stereocenters. The molecule has 49 heavy (non-hydrogen) atoms. The molecule has 0 radical (unpaired) electrons. The van der Waals surface area contributed by atoms with Gasteiger partial charge in [0.05, 0.1) is 43.1 Å². The molecule has 5 heterocycles. The van der Waals surface area contributed by atoms with E-state index in [2.05, 4.69) is 20.3 Å². The summed E-state index contributed by atoms with van der Waals surface area (Å²) in [7, 11) is -4.14. The fourth-order valence-corrected chi connectivity index (χ4v) is 6.57. The zero-order valence-corrected chi connectivity index (χ0v) is 27.5. The number of ether oxygens (including phenoxy) is 3. The summed E-state index contributed by atoms with van der Waals surface area (Å²) in [5.41, 5.74) is -0.512. The summed E-state index contributed by atoms with van der Waals surface area (Å²) in [5.74, 6) is 0. The second-order valence-electron chi connectivity index (χ2n) is 12.1. The SMILES string of the molecule is Cc1ccc(S(=O)(=O)OC[C@H]2O[C@@H](n3cc(C)c(=O)[nH]c3=O)C[C@@H]2OCc2cn(C[C@H]3O[C@@H](n4cc(C)c(=O)[nH]c4=O)C[C@@H]3O)nn2)cc1. The molecule has 0 saturated carbocycles. The number of H-pyrrole nitrogens is 2. The van der Waals surface area contributed by atoms with Crippen LogP contribution >= 0.6 is 0 Å². The molecule has 6 rings (SSSR count). The van der Waals surface area contributed by atoms with Crippen LogP contribution in [0.5, 0.6) is 0 Å². The van der Waals surface area contributed by atoms with Crippen molar-refractivity contribution in [2.45, 2.75) is 88.5 Å². The molecule has 1 aromatic carbocycles. The maximum atomic E-state index is 12.9. The molecule has 19 heteroatoms. The van der Waals surface area contributed by atoms with Gasteiger partial charge in [0.25, 0.3) is 21.2 Å². The summed E-state index contributed by atoms with van der Waals surface area (Å²) < 4.78 is 53.1. The largest absolute Gasteiger partial charge is 0.390 e. The molecule has 0 aliphatic carbocycles. The average Bonchev–Trinajstić information content (AvgIpc) is 3.77. The Bertz CT molecular complexity index is 2170. The molecule has 0 bridgehead atoms. The Morgan fingerprint density at radius 1 is 0.878 bits per heavy atom. The lowest BCUT2D eigenvalue weighted by Crippen LogP contribution is -2.33. The minimum Gasteiger partial charge on any atom is -0.390 e. The molecule has 0 amide bonds. The lowest BCUT2D eigenvalue weighted by Gasteiger charge is -2.18. The van der Waals surface area contributed by atoms with Crippen LogP contribution in [0, 0.1) is 20.8 Å². The monoisotopic (exact) mass is 701 g/mol. The van der Waals surface area contributed by atoms with E-state index >= 15 is 0 Å². The van der Waals surface area contributed by atoms with Gasteiger partial charge in [-0.15, -0.1) is 5.10 Å². The number of aromatic nitrogens is 7. The van der Waals surface area contributed by atoms with E-state index in [4.69, 9.17) is 18.4 Å². The normalized spacial score (nSPS) is 24.1. The molecular formula is C30H35N7O11S. The molecule has 2 aliphatic rings. The Morgan fingerprint density at radius 2 is 1.47 bits per heavy atom. The van der Waals surface area contributed by atoms with Crippen molar-refractivity contribution in [3.63, 3.8) is 0 Å². The number of rotatable bonds is 11. The number of aliphatic hydroxyl groups excluding tert-OH is 1. The smallest absolute Gasteiger partial charge is 0.330 e. The topological polar surface area (TPSA) is 232 Å². The highest BCUT2D eigenvalue weighted by Gasteiger charge is 2.39. The van der Waals surface area contributed by atoms with Crippen molar-refractivity contribution >= 4 is 10.1 Å². The van der Waals surface area contributed by atoms with E-state index in [1.54, 1.807) is 25.3 Å². The number of aliphatic hydroxyl groups is 1. The second kappa shape index (κ2) is 13.8. The van der Waals surface area contributed by atoms with Crippen LogP contribution < -0.4 is 22.5 Å². The van der Waals surface area contributed by atoms with Crippen LogP contribution in [0.3, 0.4) is 0 Å². The van der Waals surface area contributed by atoms with Crippen molar-refractivity contribution in [3.05, 3.63) is 107 Å². The van der Waals surface area contributed by atoms with Crippen LogP contribution in [0.15, 0.2) is 66.9 Å². The number of nitrogens with zero attached hydrogens (tertiary/aromatic N) is 5. The van der Waals surface area contributed by atoms with Gasteiger partial charge in [0.15, 0.2) is 0 Å². The van der Waals surface area contributed by atoms with Crippen molar-refractivity contribution < 1.29 is 31.9 Å². The first-order chi connectivity index (χ1) is 23.3. The van der Waals surface area contributed by atoms with E-state index in [1.165, 1.54) is 45.3 Å². The van der Waals surface area contributed by atoms with Gasteiger partial charge in [-0.25, -0.2) is 14.3 Å². The molecule has 18 nitrogen and oxygen atoms in total. The van der Waals surface area contributed by atoms with Gasteiger partial charge in [-0.05, 0) is 32.9 Å². The summed E-state index contributed by atoms with van der Waals surface area (Å²) in [4.78, 5) is 53.0. The zero-order chi connectivity index (χ0) is 35.0. The summed E-state index contributed by atoms with van der Waals surface area (Å²) in [6.45, 7) is 4.52. The summed E-state index contributed by atoms with van der Waals surface area (Å²) in [6.07, 6.45) is -0.498. The minimum absolute atomic E-state index is 0.0298. The maximum absolute atomic E-state index is 12.9. The summed E-state index contributed by atoms with van der Waals surface area (Å²) in [6, 6.07) is 6.16. The van der Waals surface area contributed by atoms with Crippen LogP contribution in [-0.2, 0) is 41.7 Å². The highest BCUT2D eigenvalue weighted by Crippen LogP contribution is 2.32. The van der Waals surface area contributed by atoms with Gasteiger partial charge in [0.1, 0.15) is 30.4 Å². The standard InChI is InChI=1S/C30H35N7O11S/c1-16-4-6-20(7-5-16)49(43,44)46-15-24-22(9-26(48-24)37-11-18(3)28(40)32-30(37)42)45-14-19-12-35(34-33-19)13-23-21(38)8-25(47-23)36-10-17(2)27(39)31-29(36)41/h4-7,10-12,21-26,38H,8-9,13-15H2,1-3H3,(H,31,39,41)(H,32,40,42)/t21-,22-,23+,24+,25+,26+/m0/s1. The van der Waals surface area contributed by atoms with Crippen LogP contribution in [0.4, 0.5) is 0 Å². The predicted octanol–water partition coefficient (Wildman–Crippen LogP) is -0.470. The van der Waals surface area contributed by atoms with Gasteiger partial charge >= 0.3 is 11.4 Å².